The average molecular weight is 401 g/mol. The lowest BCUT2D eigenvalue weighted by molar-refractivity contribution is -0.116. The minimum Gasteiger partial charge on any atom is -0.496 e. The van der Waals surface area contributed by atoms with E-state index in [0.717, 1.165) is 5.75 Å². The van der Waals surface area contributed by atoms with Gasteiger partial charge in [-0.05, 0) is 12.5 Å². The van der Waals surface area contributed by atoms with Crippen molar-refractivity contribution in [1.82, 2.24) is 5.32 Å². The van der Waals surface area contributed by atoms with Crippen molar-refractivity contribution < 1.29 is 23.8 Å². The number of thioether (sulfide) groups is 1. The monoisotopic (exact) mass is 400 g/mol. The van der Waals surface area contributed by atoms with Gasteiger partial charge in [-0.2, -0.15) is 0 Å². The van der Waals surface area contributed by atoms with Gasteiger partial charge in [0.1, 0.15) is 5.75 Å². The Morgan fingerprint density at radius 3 is 2.77 bits per heavy atom. The predicted molar refractivity (Wildman–Crippen MR) is 102 cm³/mol. The molecule has 2 amide bonds. The van der Waals surface area contributed by atoms with Gasteiger partial charge in [-0.3, -0.25) is 9.59 Å². The van der Waals surface area contributed by atoms with E-state index in [4.69, 9.17) is 25.8 Å². The van der Waals surface area contributed by atoms with Gasteiger partial charge in [-0.25, -0.2) is 0 Å². The number of methoxy groups -OCH3 is 2. The van der Waals surface area contributed by atoms with E-state index < -0.39 is 5.91 Å². The van der Waals surface area contributed by atoms with Crippen LogP contribution in [0, 0.1) is 0 Å². The second-order valence-electron chi connectivity index (χ2n) is 5.29. The summed E-state index contributed by atoms with van der Waals surface area (Å²) < 4.78 is 15.5. The highest BCUT2D eigenvalue weighted by atomic mass is 35.5. The third kappa shape index (κ3) is 5.55. The van der Waals surface area contributed by atoms with Crippen LogP contribution in [0.3, 0.4) is 0 Å². The van der Waals surface area contributed by atoms with Crippen LogP contribution in [-0.2, 0) is 14.3 Å². The molecule has 2 N–H and O–H groups in total. The highest BCUT2D eigenvalue weighted by Gasteiger charge is 2.19. The summed E-state index contributed by atoms with van der Waals surface area (Å²) in [6.07, 6.45) is 0.694. The van der Waals surface area contributed by atoms with Gasteiger partial charge < -0.3 is 24.8 Å². The first-order valence-electron chi connectivity index (χ1n) is 7.97. The topological polar surface area (TPSA) is 85.9 Å². The van der Waals surface area contributed by atoms with Crippen LogP contribution in [0.1, 0.15) is 16.8 Å². The van der Waals surface area contributed by atoms with Gasteiger partial charge in [-0.15, -0.1) is 11.8 Å². The maximum absolute atomic E-state index is 12.3. The molecule has 0 radical (unpaired) electrons. The number of hydrogen-bond acceptors (Lipinski definition) is 6. The third-order valence-corrected chi connectivity index (χ3v) is 4.56. The predicted octanol–water partition coefficient (Wildman–Crippen LogP) is 2.66. The molecule has 0 fully saturated rings. The highest BCUT2D eigenvalue weighted by molar-refractivity contribution is 8.02. The smallest absolute Gasteiger partial charge is 0.291 e. The van der Waals surface area contributed by atoms with E-state index in [2.05, 4.69) is 10.6 Å². The van der Waals surface area contributed by atoms with Gasteiger partial charge >= 0.3 is 0 Å². The Kier molecular flexibility index (Phi) is 8.08. The lowest BCUT2D eigenvalue weighted by atomic mass is 10.1. The zero-order valence-electron chi connectivity index (χ0n) is 14.6. The Morgan fingerprint density at radius 2 is 2.12 bits per heavy atom. The summed E-state index contributed by atoms with van der Waals surface area (Å²) in [5.74, 6) is 0.628. The van der Waals surface area contributed by atoms with Gasteiger partial charge in [0, 0.05) is 37.5 Å². The summed E-state index contributed by atoms with van der Waals surface area (Å²) in [6, 6.07) is 2.98. The quantitative estimate of drug-likeness (QED) is 0.652. The van der Waals surface area contributed by atoms with E-state index in [9.17, 15) is 9.59 Å². The standard InChI is InChI=1S/C17H21ClN2O5S/c1-23-5-3-4-19-16(21)11-8-12(18)13(9-14(11)24-2)20-17(22)15-10-26-7-6-25-15/h8-10H,3-7H2,1-2H3,(H,19,21)(H,20,22). The average Bonchev–Trinajstić information content (AvgIpc) is 2.67. The molecule has 142 valence electrons. The first-order valence-corrected chi connectivity index (χ1v) is 9.40. The van der Waals surface area contributed by atoms with E-state index in [-0.39, 0.29) is 22.3 Å². The van der Waals surface area contributed by atoms with Gasteiger partial charge in [0.05, 0.1) is 30.0 Å². The molecule has 9 heteroatoms. The summed E-state index contributed by atoms with van der Waals surface area (Å²) in [5.41, 5.74) is 0.626. The number of carbonyl (C=O) groups excluding carboxylic acids is 2. The minimum absolute atomic E-state index is 0.227. The molecular formula is C17H21ClN2O5S. The van der Waals surface area contributed by atoms with Crippen molar-refractivity contribution >= 4 is 40.9 Å². The maximum atomic E-state index is 12.3. The minimum atomic E-state index is -0.405. The number of carbonyl (C=O) groups is 2. The van der Waals surface area contributed by atoms with Crippen LogP contribution in [0.25, 0.3) is 0 Å². The van der Waals surface area contributed by atoms with E-state index in [0.29, 0.717) is 37.6 Å². The molecule has 0 atom stereocenters. The maximum Gasteiger partial charge on any atom is 0.291 e. The lowest BCUT2D eigenvalue weighted by Crippen LogP contribution is -2.26. The molecule has 26 heavy (non-hydrogen) atoms. The highest BCUT2D eigenvalue weighted by Crippen LogP contribution is 2.31. The number of ether oxygens (including phenoxy) is 3. The molecule has 0 saturated carbocycles. The van der Waals surface area contributed by atoms with Crippen LogP contribution >= 0.6 is 23.4 Å². The molecule has 0 unspecified atom stereocenters. The number of benzene rings is 1. The molecule has 0 bridgehead atoms. The van der Waals surface area contributed by atoms with Gasteiger partial charge in [0.2, 0.25) is 0 Å². The fraction of sp³-hybridized carbons (Fsp3) is 0.412. The fourth-order valence-corrected chi connectivity index (χ4v) is 3.02. The summed E-state index contributed by atoms with van der Waals surface area (Å²) in [5, 5.41) is 7.33. The third-order valence-electron chi connectivity index (χ3n) is 3.47. The Balaban J connectivity index is 2.11. The molecule has 1 aromatic rings. The van der Waals surface area contributed by atoms with Gasteiger partial charge in [0.25, 0.3) is 11.8 Å². The van der Waals surface area contributed by atoms with Crippen LogP contribution in [0.5, 0.6) is 5.75 Å². The van der Waals surface area contributed by atoms with Crippen LogP contribution in [-0.4, -0.2) is 51.5 Å². The number of halogens is 1. The van der Waals surface area contributed by atoms with Gasteiger partial charge in [-0.1, -0.05) is 11.6 Å². The van der Waals surface area contributed by atoms with Crippen molar-refractivity contribution in [3.63, 3.8) is 0 Å². The number of hydrogen-bond donors (Lipinski definition) is 2. The molecule has 1 aromatic carbocycles. The number of nitrogens with one attached hydrogen (secondary N) is 2. The number of amides is 2. The second-order valence-corrected chi connectivity index (χ2v) is 6.67. The molecule has 1 heterocycles. The Labute approximate surface area is 161 Å². The molecule has 0 aromatic heterocycles. The van der Waals surface area contributed by atoms with Gasteiger partial charge in [0.15, 0.2) is 5.76 Å². The summed E-state index contributed by atoms with van der Waals surface area (Å²) >= 11 is 7.74. The summed E-state index contributed by atoms with van der Waals surface area (Å²) in [4.78, 5) is 24.5. The van der Waals surface area contributed by atoms with E-state index in [1.54, 1.807) is 12.5 Å². The van der Waals surface area contributed by atoms with E-state index >= 15 is 0 Å². The summed E-state index contributed by atoms with van der Waals surface area (Å²) in [6.45, 7) is 1.50. The van der Waals surface area contributed by atoms with Crippen molar-refractivity contribution in [3.05, 3.63) is 33.9 Å². The Hall–Kier alpha value is -1.90. The van der Waals surface area contributed by atoms with Crippen LogP contribution in [0.2, 0.25) is 5.02 Å². The largest absolute Gasteiger partial charge is 0.496 e. The van der Waals surface area contributed by atoms with Crippen LogP contribution < -0.4 is 15.4 Å². The first-order chi connectivity index (χ1) is 12.6. The zero-order valence-corrected chi connectivity index (χ0v) is 16.2. The fourth-order valence-electron chi connectivity index (χ4n) is 2.18. The van der Waals surface area contributed by atoms with Crippen LogP contribution in [0.4, 0.5) is 5.69 Å². The second kappa shape index (κ2) is 10.3. The van der Waals surface area contributed by atoms with E-state index in [1.807, 2.05) is 0 Å². The van der Waals surface area contributed by atoms with Crippen molar-refractivity contribution in [2.24, 2.45) is 0 Å². The molecule has 7 nitrogen and oxygen atoms in total. The molecule has 1 aliphatic rings. The Bertz CT molecular complexity index is 696. The van der Waals surface area contributed by atoms with E-state index in [1.165, 1.54) is 31.0 Å². The van der Waals surface area contributed by atoms with Crippen LogP contribution in [0.15, 0.2) is 23.3 Å². The number of anilines is 1. The molecule has 1 aliphatic heterocycles. The van der Waals surface area contributed by atoms with Crippen molar-refractivity contribution in [2.45, 2.75) is 6.42 Å². The van der Waals surface area contributed by atoms with Crippen molar-refractivity contribution in [2.75, 3.05) is 45.0 Å². The first kappa shape index (κ1) is 20.4. The molecule has 0 saturated heterocycles. The normalized spacial score (nSPS) is 13.4. The lowest BCUT2D eigenvalue weighted by Gasteiger charge is -2.16. The molecule has 0 aliphatic carbocycles. The SMILES string of the molecule is COCCCNC(=O)c1cc(Cl)c(NC(=O)C2=CSCCO2)cc1OC. The van der Waals surface area contributed by atoms with Crippen molar-refractivity contribution in [1.29, 1.82) is 0 Å². The molecule has 0 spiro atoms. The molecular weight excluding hydrogens is 380 g/mol. The molecule has 2 rings (SSSR count). The summed E-state index contributed by atoms with van der Waals surface area (Å²) in [7, 11) is 3.05. The number of rotatable bonds is 8. The van der Waals surface area contributed by atoms with Crippen molar-refractivity contribution in [3.8, 4) is 5.75 Å². The zero-order chi connectivity index (χ0) is 18.9. The Morgan fingerprint density at radius 1 is 1.31 bits per heavy atom.